The van der Waals surface area contributed by atoms with Crippen LogP contribution in [0.15, 0.2) is 17.1 Å². The lowest BCUT2D eigenvalue weighted by atomic mass is 10.1. The van der Waals surface area contributed by atoms with Gasteiger partial charge < -0.3 is 15.2 Å². The highest BCUT2D eigenvalue weighted by Gasteiger charge is 2.29. The first-order chi connectivity index (χ1) is 12.4. The average Bonchev–Trinajstić information content (AvgIpc) is 3.05. The predicted octanol–water partition coefficient (Wildman–Crippen LogP) is 2.54. The third-order valence-electron chi connectivity index (χ3n) is 5.29. The van der Waals surface area contributed by atoms with Crippen molar-refractivity contribution in [3.05, 3.63) is 39.7 Å². The van der Waals surface area contributed by atoms with E-state index in [1.807, 2.05) is 7.05 Å². The van der Waals surface area contributed by atoms with Crippen LogP contribution in [0.1, 0.15) is 18.9 Å². The van der Waals surface area contributed by atoms with Crippen LogP contribution in [-0.2, 0) is 0 Å². The Labute approximate surface area is 152 Å². The molecule has 0 radical (unpaired) electrons. The van der Waals surface area contributed by atoms with Gasteiger partial charge in [0.05, 0.1) is 5.39 Å². The fraction of sp³-hybridized carbons (Fsp3) is 0.526. The van der Waals surface area contributed by atoms with Gasteiger partial charge in [0, 0.05) is 38.4 Å². The first-order valence-corrected chi connectivity index (χ1v) is 9.02. The number of nitrogens with zero attached hydrogens (tertiary/aromatic N) is 3. The van der Waals surface area contributed by atoms with Gasteiger partial charge in [-0.1, -0.05) is 6.92 Å². The summed E-state index contributed by atoms with van der Waals surface area (Å²) in [6.45, 7) is 6.80. The minimum atomic E-state index is -0.684. The van der Waals surface area contributed by atoms with Gasteiger partial charge >= 0.3 is 0 Å². The number of nitrogens with one attached hydrogen (secondary N) is 1. The lowest BCUT2D eigenvalue weighted by molar-refractivity contribution is 0.300. The van der Waals surface area contributed by atoms with E-state index in [1.165, 1.54) is 10.7 Å². The molecule has 1 N–H and O–H groups in total. The summed E-state index contributed by atoms with van der Waals surface area (Å²) < 4.78 is 31.5. The lowest BCUT2D eigenvalue weighted by Crippen LogP contribution is -2.29. The molecule has 2 heterocycles. The van der Waals surface area contributed by atoms with Gasteiger partial charge in [0.25, 0.3) is 0 Å². The van der Waals surface area contributed by atoms with Crippen molar-refractivity contribution in [2.24, 2.45) is 5.92 Å². The topological polar surface area (TPSA) is 40.5 Å². The van der Waals surface area contributed by atoms with E-state index in [0.717, 1.165) is 19.5 Å². The van der Waals surface area contributed by atoms with Crippen molar-refractivity contribution in [1.82, 2.24) is 9.58 Å². The van der Waals surface area contributed by atoms with Crippen LogP contribution in [0, 0.1) is 24.5 Å². The molecule has 0 amide bonds. The molecule has 3 rings (SSSR count). The van der Waals surface area contributed by atoms with Gasteiger partial charge in [-0.3, -0.25) is 9.47 Å². The molecule has 0 aliphatic carbocycles. The molecule has 1 aliphatic heterocycles. The number of halogens is 2. The molecule has 0 saturated carbocycles. The highest BCUT2D eigenvalue weighted by molar-refractivity contribution is 5.85. The van der Waals surface area contributed by atoms with E-state index in [4.69, 9.17) is 0 Å². The van der Waals surface area contributed by atoms with Crippen molar-refractivity contribution in [2.45, 2.75) is 20.3 Å². The van der Waals surface area contributed by atoms with Crippen LogP contribution in [0.3, 0.4) is 0 Å². The first kappa shape index (κ1) is 18.6. The molecule has 7 heteroatoms. The highest BCUT2D eigenvalue weighted by atomic mass is 19.1. The summed E-state index contributed by atoms with van der Waals surface area (Å²) in [6.07, 6.45) is 2.44. The number of aromatic nitrogens is 1. The van der Waals surface area contributed by atoms with E-state index >= 15 is 4.39 Å². The zero-order valence-corrected chi connectivity index (χ0v) is 15.8. The quantitative estimate of drug-likeness (QED) is 0.885. The molecule has 2 aromatic rings. The number of benzene rings is 1. The van der Waals surface area contributed by atoms with Gasteiger partial charge in [-0.15, -0.1) is 0 Å². The summed E-state index contributed by atoms with van der Waals surface area (Å²) in [4.78, 5) is 16.3. The van der Waals surface area contributed by atoms with Gasteiger partial charge in [0.15, 0.2) is 11.2 Å². The molecule has 1 saturated heterocycles. The third-order valence-corrected chi connectivity index (χ3v) is 5.29. The van der Waals surface area contributed by atoms with Crippen LogP contribution >= 0.6 is 0 Å². The van der Waals surface area contributed by atoms with Crippen LogP contribution in [0.2, 0.25) is 0 Å². The zero-order valence-electron chi connectivity index (χ0n) is 15.8. The second-order valence-electron chi connectivity index (χ2n) is 7.11. The van der Waals surface area contributed by atoms with Crippen molar-refractivity contribution in [1.29, 1.82) is 0 Å². The van der Waals surface area contributed by atoms with Crippen molar-refractivity contribution < 1.29 is 8.78 Å². The molecule has 0 bridgehead atoms. The number of pyridine rings is 1. The molecule has 0 spiro atoms. The molecule has 1 aromatic carbocycles. The van der Waals surface area contributed by atoms with Crippen LogP contribution in [0.4, 0.5) is 14.5 Å². The normalized spacial score (nSPS) is 17.5. The largest absolute Gasteiger partial charge is 0.366 e. The van der Waals surface area contributed by atoms with Gasteiger partial charge in [-0.2, -0.15) is 0 Å². The molecular weight excluding hydrogens is 338 g/mol. The maximum atomic E-state index is 15.3. The molecule has 1 fully saturated rings. The lowest BCUT2D eigenvalue weighted by Gasteiger charge is -2.23. The van der Waals surface area contributed by atoms with E-state index in [-0.39, 0.29) is 22.0 Å². The summed E-state index contributed by atoms with van der Waals surface area (Å²) in [6, 6.07) is 1.17. The predicted molar refractivity (Wildman–Crippen MR) is 102 cm³/mol. The average molecular weight is 364 g/mol. The third kappa shape index (κ3) is 3.16. The fourth-order valence-corrected chi connectivity index (χ4v) is 3.76. The van der Waals surface area contributed by atoms with Crippen LogP contribution < -0.4 is 15.8 Å². The molecule has 26 heavy (non-hydrogen) atoms. The molecule has 1 aliphatic rings. The minimum absolute atomic E-state index is 0.0357. The molecule has 1 aromatic heterocycles. The van der Waals surface area contributed by atoms with Gasteiger partial charge in [0.1, 0.15) is 17.0 Å². The van der Waals surface area contributed by atoms with Crippen molar-refractivity contribution in [3.63, 3.8) is 0 Å². The van der Waals surface area contributed by atoms with Crippen LogP contribution in [-0.4, -0.2) is 49.9 Å². The minimum Gasteiger partial charge on any atom is -0.366 e. The molecule has 1 atom stereocenters. The summed E-state index contributed by atoms with van der Waals surface area (Å²) in [7, 11) is 3.69. The summed E-state index contributed by atoms with van der Waals surface area (Å²) >= 11 is 0. The van der Waals surface area contributed by atoms with Crippen molar-refractivity contribution >= 4 is 16.6 Å². The van der Waals surface area contributed by atoms with Crippen LogP contribution in [0.25, 0.3) is 10.9 Å². The Hall–Kier alpha value is -2.15. The van der Waals surface area contributed by atoms with Crippen molar-refractivity contribution in [2.75, 3.05) is 50.6 Å². The van der Waals surface area contributed by atoms with Crippen LogP contribution in [0.5, 0.6) is 0 Å². The smallest absolute Gasteiger partial charge is 0.192 e. The molecule has 1 unspecified atom stereocenters. The Kier molecular flexibility index (Phi) is 5.18. The molecule has 142 valence electrons. The maximum Gasteiger partial charge on any atom is 0.192 e. The summed E-state index contributed by atoms with van der Waals surface area (Å²) in [5.41, 5.74) is 2.99. The first-order valence-electron chi connectivity index (χ1n) is 9.02. The zero-order chi connectivity index (χ0) is 19.0. The standard InChI is InChI=1S/C19H26F2N4O/c1-5-23(4)10-13-6-7-24(11-13)18-15(20)8-14-17(16(18)21)25(22-3)9-12(2)19(14)26/h8-9,13,22H,5-7,10-11H2,1-4H3. The van der Waals surface area contributed by atoms with E-state index in [1.54, 1.807) is 25.1 Å². The number of anilines is 1. The number of aryl methyl sites for hydroxylation is 1. The Bertz CT molecular complexity index is 880. The highest BCUT2D eigenvalue weighted by Crippen LogP contribution is 2.33. The number of hydrogen-bond acceptors (Lipinski definition) is 4. The van der Waals surface area contributed by atoms with E-state index < -0.39 is 11.6 Å². The Morgan fingerprint density at radius 3 is 2.77 bits per heavy atom. The maximum absolute atomic E-state index is 15.3. The van der Waals surface area contributed by atoms with Crippen molar-refractivity contribution in [3.8, 4) is 0 Å². The summed E-state index contributed by atoms with van der Waals surface area (Å²) in [5, 5.41) is 0.0552. The second-order valence-corrected chi connectivity index (χ2v) is 7.11. The van der Waals surface area contributed by atoms with E-state index in [9.17, 15) is 9.18 Å². The number of rotatable bonds is 5. The Morgan fingerprint density at radius 2 is 2.12 bits per heavy atom. The van der Waals surface area contributed by atoms with Gasteiger partial charge in [-0.05, 0) is 38.9 Å². The SMILES string of the molecule is CCN(C)CC1CCN(c2c(F)cc3c(=O)c(C)cn(NC)c3c2F)C1. The number of hydrogen-bond donors (Lipinski definition) is 1. The number of fused-ring (bicyclic) bond motifs is 1. The van der Waals surface area contributed by atoms with E-state index in [2.05, 4.69) is 17.2 Å². The van der Waals surface area contributed by atoms with Gasteiger partial charge in [-0.25, -0.2) is 8.78 Å². The molecule has 5 nitrogen and oxygen atoms in total. The molecular formula is C19H26F2N4O. The van der Waals surface area contributed by atoms with Gasteiger partial charge in [0.2, 0.25) is 0 Å². The second kappa shape index (κ2) is 7.23. The Morgan fingerprint density at radius 1 is 1.38 bits per heavy atom. The van der Waals surface area contributed by atoms with E-state index in [0.29, 0.717) is 24.6 Å². The Balaban J connectivity index is 2.05. The monoisotopic (exact) mass is 364 g/mol. The fourth-order valence-electron chi connectivity index (χ4n) is 3.76. The summed E-state index contributed by atoms with van der Waals surface area (Å²) in [5.74, 6) is -0.986.